The van der Waals surface area contributed by atoms with Crippen LogP contribution in [-0.2, 0) is 16.1 Å². The number of nitrogens with one attached hydrogen (secondary N) is 1. The van der Waals surface area contributed by atoms with Crippen molar-refractivity contribution in [3.8, 4) is 0 Å². The van der Waals surface area contributed by atoms with E-state index in [4.69, 9.17) is 21.4 Å². The third-order valence-electron chi connectivity index (χ3n) is 2.61. The van der Waals surface area contributed by atoms with Gasteiger partial charge >= 0.3 is 12.0 Å². The molecule has 21 heavy (non-hydrogen) atoms. The second kappa shape index (κ2) is 8.43. The Morgan fingerprint density at radius 2 is 2.19 bits per heavy atom. The number of hydrogen-bond acceptors (Lipinski definition) is 3. The number of carboxylic acid groups (broad SMARTS) is 1. The molecule has 116 valence electrons. The molecular formula is C13H16ClFN2O4. The molecule has 0 aliphatic heterocycles. The summed E-state index contributed by atoms with van der Waals surface area (Å²) < 4.78 is 17.8. The number of benzene rings is 1. The molecule has 1 aromatic rings. The maximum Gasteiger partial charge on any atom is 0.323 e. The predicted octanol–water partition coefficient (Wildman–Crippen LogP) is 1.72. The Hall–Kier alpha value is -1.86. The number of carbonyl (C=O) groups excluding carboxylic acids is 1. The minimum absolute atomic E-state index is 0.0384. The summed E-state index contributed by atoms with van der Waals surface area (Å²) >= 11 is 5.64. The molecule has 1 rings (SSSR count). The lowest BCUT2D eigenvalue weighted by molar-refractivity contribution is -0.137. The first kappa shape index (κ1) is 17.2. The zero-order chi connectivity index (χ0) is 15.8. The van der Waals surface area contributed by atoms with Gasteiger partial charge in [0.15, 0.2) is 0 Å². The molecule has 0 unspecified atom stereocenters. The summed E-state index contributed by atoms with van der Waals surface area (Å²) in [5.41, 5.74) is 0.608. The molecule has 0 bridgehead atoms. The summed E-state index contributed by atoms with van der Waals surface area (Å²) in [5, 5.41) is 11.3. The molecule has 0 spiro atoms. The average molecular weight is 319 g/mol. The number of carboxylic acids is 1. The Kier molecular flexibility index (Phi) is 6.90. The lowest BCUT2D eigenvalue weighted by Crippen LogP contribution is -2.44. The molecule has 6 nitrogen and oxygen atoms in total. The van der Waals surface area contributed by atoms with Crippen LogP contribution < -0.4 is 5.32 Å². The van der Waals surface area contributed by atoms with Crippen molar-refractivity contribution in [2.75, 3.05) is 26.8 Å². The lowest BCUT2D eigenvalue weighted by Gasteiger charge is -2.20. The number of halogens is 2. The van der Waals surface area contributed by atoms with Crippen LogP contribution in [0.4, 0.5) is 9.18 Å². The number of carbonyl (C=O) groups is 2. The Bertz CT molecular complexity index is 513. The minimum atomic E-state index is -1.12. The van der Waals surface area contributed by atoms with Gasteiger partial charge in [-0.25, -0.2) is 9.18 Å². The van der Waals surface area contributed by atoms with Crippen LogP contribution in [-0.4, -0.2) is 48.8 Å². The van der Waals surface area contributed by atoms with E-state index < -0.39 is 24.4 Å². The Morgan fingerprint density at radius 1 is 1.48 bits per heavy atom. The molecule has 0 aliphatic rings. The van der Waals surface area contributed by atoms with Gasteiger partial charge in [0.2, 0.25) is 0 Å². The molecular weight excluding hydrogens is 303 g/mol. The molecule has 0 aliphatic carbocycles. The number of rotatable bonds is 7. The van der Waals surface area contributed by atoms with Gasteiger partial charge in [-0.2, -0.15) is 0 Å². The third-order valence-corrected chi connectivity index (χ3v) is 2.90. The van der Waals surface area contributed by atoms with Crippen LogP contribution in [0.5, 0.6) is 0 Å². The fraction of sp³-hybridized carbons (Fsp3) is 0.385. The average Bonchev–Trinajstić information content (AvgIpc) is 2.44. The molecule has 1 aromatic carbocycles. The van der Waals surface area contributed by atoms with Crippen LogP contribution in [0.2, 0.25) is 5.02 Å². The van der Waals surface area contributed by atoms with Crippen LogP contribution >= 0.6 is 11.6 Å². The van der Waals surface area contributed by atoms with Gasteiger partial charge in [0.25, 0.3) is 0 Å². The molecule has 0 saturated heterocycles. The molecule has 0 radical (unpaired) electrons. The van der Waals surface area contributed by atoms with Crippen LogP contribution in [0.3, 0.4) is 0 Å². The standard InChI is InChI=1S/C13H16ClFN2O4/c1-21-5-4-17(8-12(18)19)13(20)16-7-9-2-3-11(15)10(14)6-9/h2-3,6H,4-5,7-8H2,1H3,(H,16,20)(H,18,19). The SMILES string of the molecule is COCCN(CC(=O)O)C(=O)NCc1ccc(F)c(Cl)c1. The van der Waals surface area contributed by atoms with Crippen molar-refractivity contribution in [1.82, 2.24) is 10.2 Å². The zero-order valence-corrected chi connectivity index (χ0v) is 12.2. The lowest BCUT2D eigenvalue weighted by atomic mass is 10.2. The second-order valence-electron chi connectivity index (χ2n) is 4.22. The van der Waals surface area contributed by atoms with Gasteiger partial charge in [0.1, 0.15) is 12.4 Å². The molecule has 0 saturated carbocycles. The molecule has 0 heterocycles. The van der Waals surface area contributed by atoms with Crippen molar-refractivity contribution >= 4 is 23.6 Å². The van der Waals surface area contributed by atoms with E-state index in [1.165, 1.54) is 25.3 Å². The van der Waals surface area contributed by atoms with Gasteiger partial charge in [-0.3, -0.25) is 4.79 Å². The number of aliphatic carboxylic acids is 1. The Labute approximate surface area is 126 Å². The highest BCUT2D eigenvalue weighted by atomic mass is 35.5. The van der Waals surface area contributed by atoms with Crippen molar-refractivity contribution < 1.29 is 23.8 Å². The van der Waals surface area contributed by atoms with Crippen LogP contribution in [0.25, 0.3) is 0 Å². The summed E-state index contributed by atoms with van der Waals surface area (Å²) in [6.45, 7) is 0.0587. The Balaban J connectivity index is 2.59. The van der Waals surface area contributed by atoms with Crippen LogP contribution in [0.1, 0.15) is 5.56 Å². The monoisotopic (exact) mass is 318 g/mol. The van der Waals surface area contributed by atoms with Crippen molar-refractivity contribution in [2.45, 2.75) is 6.54 Å². The maximum atomic E-state index is 13.0. The van der Waals surface area contributed by atoms with E-state index in [1.54, 1.807) is 0 Å². The maximum absolute atomic E-state index is 13.0. The van der Waals surface area contributed by atoms with Crippen molar-refractivity contribution in [1.29, 1.82) is 0 Å². The first-order valence-corrected chi connectivity index (χ1v) is 6.49. The van der Waals surface area contributed by atoms with Gasteiger partial charge in [0, 0.05) is 20.2 Å². The molecule has 0 atom stereocenters. The summed E-state index contributed by atoms with van der Waals surface area (Å²) in [7, 11) is 1.46. The molecule has 0 aromatic heterocycles. The van der Waals surface area contributed by atoms with Gasteiger partial charge in [-0.05, 0) is 17.7 Å². The third kappa shape index (κ3) is 5.97. The number of ether oxygens (including phenoxy) is 1. The predicted molar refractivity (Wildman–Crippen MR) is 74.7 cm³/mol. The van der Waals surface area contributed by atoms with E-state index >= 15 is 0 Å². The van der Waals surface area contributed by atoms with Crippen molar-refractivity contribution in [3.05, 3.63) is 34.6 Å². The van der Waals surface area contributed by atoms with Crippen molar-refractivity contribution in [2.24, 2.45) is 0 Å². The van der Waals surface area contributed by atoms with E-state index in [-0.39, 0.29) is 24.7 Å². The normalized spacial score (nSPS) is 10.2. The van der Waals surface area contributed by atoms with E-state index in [1.807, 2.05) is 0 Å². The van der Waals surface area contributed by atoms with Gasteiger partial charge < -0.3 is 20.1 Å². The highest BCUT2D eigenvalue weighted by molar-refractivity contribution is 6.30. The van der Waals surface area contributed by atoms with Crippen molar-refractivity contribution in [3.63, 3.8) is 0 Å². The first-order chi connectivity index (χ1) is 9.93. The number of hydrogen-bond donors (Lipinski definition) is 2. The van der Waals surface area contributed by atoms with Gasteiger partial charge in [0.05, 0.1) is 11.6 Å². The first-order valence-electron chi connectivity index (χ1n) is 6.11. The fourth-order valence-electron chi connectivity index (χ4n) is 1.56. The number of urea groups is 1. The number of nitrogens with zero attached hydrogens (tertiary/aromatic N) is 1. The topological polar surface area (TPSA) is 78.9 Å². The van der Waals surface area contributed by atoms with Crippen LogP contribution in [0, 0.1) is 5.82 Å². The molecule has 2 amide bonds. The van der Waals surface area contributed by atoms with E-state index in [2.05, 4.69) is 5.32 Å². The summed E-state index contributed by atoms with van der Waals surface area (Å²) in [4.78, 5) is 23.7. The van der Waals surface area contributed by atoms with Crippen LogP contribution in [0.15, 0.2) is 18.2 Å². The fourth-order valence-corrected chi connectivity index (χ4v) is 1.76. The smallest absolute Gasteiger partial charge is 0.323 e. The molecule has 8 heteroatoms. The number of methoxy groups -OCH3 is 1. The zero-order valence-electron chi connectivity index (χ0n) is 11.4. The van der Waals surface area contributed by atoms with E-state index in [0.717, 1.165) is 4.90 Å². The number of amides is 2. The minimum Gasteiger partial charge on any atom is -0.480 e. The van der Waals surface area contributed by atoms with E-state index in [0.29, 0.717) is 5.56 Å². The largest absolute Gasteiger partial charge is 0.480 e. The second-order valence-corrected chi connectivity index (χ2v) is 4.62. The van der Waals surface area contributed by atoms with Gasteiger partial charge in [-0.1, -0.05) is 17.7 Å². The molecule has 2 N–H and O–H groups in total. The van der Waals surface area contributed by atoms with Gasteiger partial charge in [-0.15, -0.1) is 0 Å². The summed E-state index contributed by atoms with van der Waals surface area (Å²) in [5.74, 6) is -1.66. The summed E-state index contributed by atoms with van der Waals surface area (Å²) in [6.07, 6.45) is 0. The summed E-state index contributed by atoms with van der Waals surface area (Å²) in [6, 6.07) is 3.53. The Morgan fingerprint density at radius 3 is 2.76 bits per heavy atom. The highest BCUT2D eigenvalue weighted by Crippen LogP contribution is 2.15. The molecule has 0 fully saturated rings. The quantitative estimate of drug-likeness (QED) is 0.802. The van der Waals surface area contributed by atoms with E-state index in [9.17, 15) is 14.0 Å². The highest BCUT2D eigenvalue weighted by Gasteiger charge is 2.16.